The molecule has 0 saturated carbocycles. The molecule has 0 aromatic carbocycles. The van der Waals surface area contributed by atoms with Crippen molar-refractivity contribution in [2.75, 3.05) is 40.9 Å². The van der Waals surface area contributed by atoms with Crippen LogP contribution in [0, 0.1) is 0 Å². The van der Waals surface area contributed by atoms with Gasteiger partial charge in [0.15, 0.2) is 0 Å². The minimum absolute atomic E-state index is 0.0590. The van der Waals surface area contributed by atoms with Gasteiger partial charge in [0, 0.05) is 6.42 Å². The van der Waals surface area contributed by atoms with Crippen LogP contribution in [-0.2, 0) is 18.4 Å². The van der Waals surface area contributed by atoms with Crippen LogP contribution in [0.25, 0.3) is 0 Å². The fourth-order valence-electron chi connectivity index (χ4n) is 10.2. The van der Waals surface area contributed by atoms with Gasteiger partial charge in [0.05, 0.1) is 39.9 Å². The summed E-state index contributed by atoms with van der Waals surface area (Å²) in [5, 5.41) is 14.0. The lowest BCUT2D eigenvalue weighted by molar-refractivity contribution is -0.870. The van der Waals surface area contributed by atoms with E-state index < -0.39 is 20.0 Å². The Morgan fingerprint density at radius 2 is 0.733 bits per heavy atom. The molecule has 0 radical (unpaired) electrons. The average molecular weight is 1080 g/mol. The van der Waals surface area contributed by atoms with E-state index in [1.807, 2.05) is 27.2 Å². The fourth-order valence-corrected chi connectivity index (χ4v) is 11.0. The highest BCUT2D eigenvalue weighted by Crippen LogP contribution is 2.43. The summed E-state index contributed by atoms with van der Waals surface area (Å²) in [6.45, 7) is 4.86. The summed E-state index contributed by atoms with van der Waals surface area (Å²) in [6.07, 6.45) is 74.6. The van der Waals surface area contributed by atoms with Crippen molar-refractivity contribution in [3.63, 3.8) is 0 Å². The summed E-state index contributed by atoms with van der Waals surface area (Å²) in [5.74, 6) is -0.178. The van der Waals surface area contributed by atoms with Gasteiger partial charge in [0.1, 0.15) is 13.2 Å². The zero-order valence-electron chi connectivity index (χ0n) is 51.1. The van der Waals surface area contributed by atoms with Crippen LogP contribution < -0.4 is 5.32 Å². The zero-order valence-corrected chi connectivity index (χ0v) is 52.0. The van der Waals surface area contributed by atoms with Gasteiger partial charge in [-0.05, 0) is 32.1 Å². The largest absolute Gasteiger partial charge is 0.472 e. The maximum Gasteiger partial charge on any atom is 0.472 e. The lowest BCUT2D eigenvalue weighted by Gasteiger charge is -2.25. The quantitative estimate of drug-likeness (QED) is 0.0243. The molecule has 0 aromatic rings. The van der Waals surface area contributed by atoms with Gasteiger partial charge in [-0.2, -0.15) is 0 Å². The number of allylic oxidation sites excluding steroid dienone is 3. The molecule has 0 heterocycles. The number of aliphatic hydroxyl groups excluding tert-OH is 1. The molecule has 1 amide bonds. The van der Waals surface area contributed by atoms with E-state index in [9.17, 15) is 19.4 Å². The molecule has 0 bridgehead atoms. The molecule has 446 valence electrons. The lowest BCUT2D eigenvalue weighted by Crippen LogP contribution is -2.45. The van der Waals surface area contributed by atoms with E-state index in [0.29, 0.717) is 17.4 Å². The highest BCUT2D eigenvalue weighted by molar-refractivity contribution is 7.47. The Morgan fingerprint density at radius 1 is 0.440 bits per heavy atom. The number of hydrogen-bond acceptors (Lipinski definition) is 5. The molecule has 3 N–H and O–H groups in total. The molecule has 0 fully saturated rings. The van der Waals surface area contributed by atoms with Gasteiger partial charge < -0.3 is 19.8 Å². The number of quaternary nitrogens is 1. The Kier molecular flexibility index (Phi) is 56.9. The first-order valence-electron chi connectivity index (χ1n) is 33.2. The molecule has 0 saturated heterocycles. The van der Waals surface area contributed by atoms with Gasteiger partial charge in [-0.15, -0.1) is 0 Å². The highest BCUT2D eigenvalue weighted by atomic mass is 31.2. The number of aliphatic hydroxyl groups is 1. The first kappa shape index (κ1) is 74.0. The van der Waals surface area contributed by atoms with Gasteiger partial charge in [-0.1, -0.05) is 327 Å². The predicted octanol–water partition coefficient (Wildman–Crippen LogP) is 20.7. The van der Waals surface area contributed by atoms with Crippen LogP contribution in [0.5, 0.6) is 0 Å². The summed E-state index contributed by atoms with van der Waals surface area (Å²) in [6, 6.07) is -0.861. The summed E-state index contributed by atoms with van der Waals surface area (Å²) in [4.78, 5) is 23.4. The van der Waals surface area contributed by atoms with Crippen LogP contribution >= 0.6 is 7.82 Å². The fraction of sp³-hybridized carbons (Fsp3) is 0.924. The Morgan fingerprint density at radius 3 is 1.07 bits per heavy atom. The normalized spacial score (nSPS) is 13.9. The molecule has 0 aromatic heterocycles. The SMILES string of the molecule is CCCCCCCCCCCCCCCCCCCCCCC/C=C/CC/C=C/C(O)C(COP(=O)(O)OCC[N+](C)(C)C)NC(=O)CCCCCCCCCCCCCCCCCCCCCCCCCCCC. The van der Waals surface area contributed by atoms with Crippen LogP contribution in [0.15, 0.2) is 24.3 Å². The van der Waals surface area contributed by atoms with Gasteiger partial charge in [0.2, 0.25) is 5.91 Å². The van der Waals surface area contributed by atoms with E-state index in [0.717, 1.165) is 38.5 Å². The number of phosphoric acid groups is 1. The topological polar surface area (TPSA) is 105 Å². The summed E-state index contributed by atoms with van der Waals surface area (Å²) in [5.41, 5.74) is 0. The van der Waals surface area contributed by atoms with E-state index in [2.05, 4.69) is 31.3 Å². The number of amides is 1. The van der Waals surface area contributed by atoms with Crippen molar-refractivity contribution in [2.24, 2.45) is 0 Å². The van der Waals surface area contributed by atoms with Crippen molar-refractivity contribution in [2.45, 2.75) is 353 Å². The number of likely N-dealkylation sites (N-methyl/N-ethyl adjacent to an activating group) is 1. The Balaban J connectivity index is 4.12. The number of hydrogen-bond donors (Lipinski definition) is 3. The Labute approximate surface area is 468 Å². The van der Waals surface area contributed by atoms with Crippen LogP contribution in [0.3, 0.4) is 0 Å². The lowest BCUT2D eigenvalue weighted by atomic mass is 10.0. The molecule has 75 heavy (non-hydrogen) atoms. The van der Waals surface area contributed by atoms with E-state index in [4.69, 9.17) is 9.05 Å². The van der Waals surface area contributed by atoms with E-state index in [1.54, 1.807) is 6.08 Å². The number of nitrogens with zero attached hydrogens (tertiary/aromatic N) is 1. The van der Waals surface area contributed by atoms with Crippen molar-refractivity contribution < 1.29 is 32.9 Å². The van der Waals surface area contributed by atoms with Crippen LogP contribution in [-0.4, -0.2) is 73.4 Å². The second kappa shape index (κ2) is 57.7. The molecule has 0 aliphatic heterocycles. The summed E-state index contributed by atoms with van der Waals surface area (Å²) in [7, 11) is 1.57. The second-order valence-corrected chi connectivity index (χ2v) is 25.7. The third-order valence-electron chi connectivity index (χ3n) is 15.4. The van der Waals surface area contributed by atoms with E-state index >= 15 is 0 Å². The predicted molar refractivity (Wildman–Crippen MR) is 328 cm³/mol. The van der Waals surface area contributed by atoms with Crippen LogP contribution in [0.4, 0.5) is 0 Å². The number of phosphoric ester groups is 1. The summed E-state index contributed by atoms with van der Waals surface area (Å²) >= 11 is 0. The molecule has 3 atom stereocenters. The molecule has 9 heteroatoms. The maximum absolute atomic E-state index is 13.0. The highest BCUT2D eigenvalue weighted by Gasteiger charge is 2.28. The minimum atomic E-state index is -4.36. The van der Waals surface area contributed by atoms with Crippen molar-refractivity contribution in [3.8, 4) is 0 Å². The van der Waals surface area contributed by atoms with Gasteiger partial charge in [0.25, 0.3) is 0 Å². The molecule has 0 aliphatic rings. The smallest absolute Gasteiger partial charge is 0.387 e. The number of carbonyl (C=O) groups excluding carboxylic acids is 1. The van der Waals surface area contributed by atoms with Gasteiger partial charge >= 0.3 is 7.82 Å². The van der Waals surface area contributed by atoms with Gasteiger partial charge in [-0.25, -0.2) is 4.57 Å². The van der Waals surface area contributed by atoms with Crippen molar-refractivity contribution in [1.29, 1.82) is 0 Å². The molecular weight excluding hydrogens is 948 g/mol. The van der Waals surface area contributed by atoms with E-state index in [1.165, 1.54) is 283 Å². The number of unbranched alkanes of at least 4 members (excludes halogenated alkanes) is 47. The molecule has 8 nitrogen and oxygen atoms in total. The number of carbonyl (C=O) groups is 1. The average Bonchev–Trinajstić information content (AvgIpc) is 3.37. The third-order valence-corrected chi connectivity index (χ3v) is 16.4. The van der Waals surface area contributed by atoms with Crippen molar-refractivity contribution in [1.82, 2.24) is 5.32 Å². The van der Waals surface area contributed by atoms with Crippen LogP contribution in [0.2, 0.25) is 0 Å². The van der Waals surface area contributed by atoms with Crippen molar-refractivity contribution >= 4 is 13.7 Å². The standard InChI is InChI=1S/C66H131N2O6P/c1-6-8-10-12-14-16-18-20-22-24-26-28-30-32-34-35-37-39-41-43-45-47-49-51-53-55-57-59-65(69)64(63-74-75(71,72)73-62-61-68(3,4)5)67-66(70)60-58-56-54-52-50-48-46-44-42-40-38-36-33-31-29-27-25-23-21-19-17-15-13-11-9-7-2/h49,51,57,59,64-65,69H,6-48,50,52-56,58,60-63H2,1-5H3,(H-,67,70,71,72)/p+1/b51-49+,59-57+. The van der Waals surface area contributed by atoms with Crippen molar-refractivity contribution in [3.05, 3.63) is 24.3 Å². The summed E-state index contributed by atoms with van der Waals surface area (Å²) < 4.78 is 23.8. The molecule has 0 aliphatic carbocycles. The van der Waals surface area contributed by atoms with Gasteiger partial charge in [-0.3, -0.25) is 13.8 Å². The zero-order chi connectivity index (χ0) is 54.9. The first-order valence-corrected chi connectivity index (χ1v) is 34.7. The Hall–Kier alpha value is -1.02. The third kappa shape index (κ3) is 60.5. The van der Waals surface area contributed by atoms with E-state index in [-0.39, 0.29) is 19.1 Å². The molecule has 3 unspecified atom stereocenters. The Bertz CT molecular complexity index is 1270. The first-order chi connectivity index (χ1) is 36.5. The minimum Gasteiger partial charge on any atom is -0.387 e. The molecular formula is C66H132N2O6P+. The maximum atomic E-state index is 13.0. The number of nitrogens with one attached hydrogen (secondary N) is 1. The molecule has 0 rings (SSSR count). The monoisotopic (exact) mass is 1080 g/mol. The van der Waals surface area contributed by atoms with Crippen LogP contribution in [0.1, 0.15) is 341 Å². The second-order valence-electron chi connectivity index (χ2n) is 24.2. The molecule has 0 spiro atoms. The number of rotatable bonds is 62.